The molecule has 2 aromatic rings. The van der Waals surface area contributed by atoms with E-state index in [9.17, 15) is 9.18 Å². The lowest BCUT2D eigenvalue weighted by Gasteiger charge is -2.22. The first-order chi connectivity index (χ1) is 10.0. The highest BCUT2D eigenvalue weighted by atomic mass is 19.1. The minimum atomic E-state index is -0.421. The molecular weight excluding hydrogens is 271 g/mol. The largest absolute Gasteiger partial charge is 0.465 e. The first-order valence-electron chi connectivity index (χ1n) is 6.44. The average Bonchev–Trinajstić information content (AvgIpc) is 2.46. The van der Waals surface area contributed by atoms with Gasteiger partial charge >= 0.3 is 5.97 Å². The van der Waals surface area contributed by atoms with E-state index in [2.05, 4.69) is 0 Å². The summed E-state index contributed by atoms with van der Waals surface area (Å²) >= 11 is 0. The molecule has 0 aliphatic carbocycles. The number of benzene rings is 2. The fourth-order valence-electron chi connectivity index (χ4n) is 2.11. The van der Waals surface area contributed by atoms with Crippen LogP contribution in [0.15, 0.2) is 42.5 Å². The number of carbonyl (C=O) groups excluding carboxylic acids is 1. The maximum atomic E-state index is 13.2. The standard InChI is InChI=1S/C16H17FN2O2/c1-19(10-11-4-3-5-13(17)8-11)15-9-12(16(20)21-2)6-7-14(15)18/h3-9H,10,18H2,1-2H3. The van der Waals surface area contributed by atoms with Gasteiger partial charge in [0.05, 0.1) is 24.0 Å². The number of esters is 1. The zero-order valence-electron chi connectivity index (χ0n) is 12.0. The summed E-state index contributed by atoms with van der Waals surface area (Å²) in [6.07, 6.45) is 0. The van der Waals surface area contributed by atoms with Gasteiger partial charge in [-0.3, -0.25) is 0 Å². The van der Waals surface area contributed by atoms with E-state index in [-0.39, 0.29) is 5.82 Å². The first-order valence-corrected chi connectivity index (χ1v) is 6.44. The van der Waals surface area contributed by atoms with Crippen LogP contribution in [0.1, 0.15) is 15.9 Å². The van der Waals surface area contributed by atoms with E-state index in [1.54, 1.807) is 24.3 Å². The molecular formula is C16H17FN2O2. The topological polar surface area (TPSA) is 55.6 Å². The van der Waals surface area contributed by atoms with E-state index in [1.165, 1.54) is 19.2 Å². The lowest BCUT2D eigenvalue weighted by Crippen LogP contribution is -2.18. The second-order valence-corrected chi connectivity index (χ2v) is 4.75. The number of hydrogen-bond donors (Lipinski definition) is 1. The second kappa shape index (κ2) is 6.26. The van der Waals surface area contributed by atoms with Crippen LogP contribution in [0.4, 0.5) is 15.8 Å². The Labute approximate surface area is 122 Å². The fraction of sp³-hybridized carbons (Fsp3) is 0.188. The molecule has 0 amide bonds. The highest BCUT2D eigenvalue weighted by molar-refractivity contribution is 5.92. The summed E-state index contributed by atoms with van der Waals surface area (Å²) in [4.78, 5) is 13.4. The number of ether oxygens (including phenoxy) is 1. The molecule has 0 bridgehead atoms. The number of carbonyl (C=O) groups is 1. The smallest absolute Gasteiger partial charge is 0.337 e. The van der Waals surface area contributed by atoms with E-state index >= 15 is 0 Å². The fourth-order valence-corrected chi connectivity index (χ4v) is 2.11. The lowest BCUT2D eigenvalue weighted by atomic mass is 10.1. The summed E-state index contributed by atoms with van der Waals surface area (Å²) in [7, 11) is 3.16. The number of hydrogen-bond acceptors (Lipinski definition) is 4. The molecule has 0 heterocycles. The highest BCUT2D eigenvalue weighted by Crippen LogP contribution is 2.25. The van der Waals surface area contributed by atoms with Crippen LogP contribution in [0.25, 0.3) is 0 Å². The van der Waals surface area contributed by atoms with Crippen LogP contribution in [0.3, 0.4) is 0 Å². The van der Waals surface area contributed by atoms with Gasteiger partial charge in [-0.25, -0.2) is 9.18 Å². The molecule has 0 radical (unpaired) electrons. The lowest BCUT2D eigenvalue weighted by molar-refractivity contribution is 0.0601. The van der Waals surface area contributed by atoms with Crippen molar-refractivity contribution in [1.82, 2.24) is 0 Å². The molecule has 0 aliphatic heterocycles. The number of rotatable bonds is 4. The normalized spacial score (nSPS) is 10.2. The van der Waals surface area contributed by atoms with Crippen molar-refractivity contribution in [1.29, 1.82) is 0 Å². The van der Waals surface area contributed by atoms with Gasteiger partial charge in [-0.2, -0.15) is 0 Å². The molecule has 0 atom stereocenters. The maximum absolute atomic E-state index is 13.2. The van der Waals surface area contributed by atoms with Crippen LogP contribution < -0.4 is 10.6 Å². The molecule has 0 saturated carbocycles. The van der Waals surface area contributed by atoms with Crippen molar-refractivity contribution >= 4 is 17.3 Å². The number of halogens is 1. The monoisotopic (exact) mass is 288 g/mol. The molecule has 21 heavy (non-hydrogen) atoms. The predicted molar refractivity (Wildman–Crippen MR) is 80.7 cm³/mol. The molecule has 4 nitrogen and oxygen atoms in total. The number of anilines is 2. The van der Waals surface area contributed by atoms with Crippen molar-refractivity contribution < 1.29 is 13.9 Å². The molecule has 0 saturated heterocycles. The zero-order valence-corrected chi connectivity index (χ0v) is 12.0. The van der Waals surface area contributed by atoms with Crippen LogP contribution in [0.2, 0.25) is 0 Å². The summed E-state index contributed by atoms with van der Waals surface area (Å²) < 4.78 is 17.9. The van der Waals surface area contributed by atoms with Gasteiger partial charge in [0.2, 0.25) is 0 Å². The summed E-state index contributed by atoms with van der Waals surface area (Å²) in [5.74, 6) is -0.701. The minimum Gasteiger partial charge on any atom is -0.465 e. The number of nitrogens with two attached hydrogens (primary N) is 1. The Bertz CT molecular complexity index is 658. The first kappa shape index (κ1) is 14.8. The van der Waals surface area contributed by atoms with E-state index < -0.39 is 5.97 Å². The van der Waals surface area contributed by atoms with Crippen molar-refractivity contribution in [2.45, 2.75) is 6.54 Å². The molecule has 2 aromatic carbocycles. The Morgan fingerprint density at radius 2 is 2.05 bits per heavy atom. The van der Waals surface area contributed by atoms with E-state index in [0.29, 0.717) is 23.5 Å². The Kier molecular flexibility index (Phi) is 4.42. The number of methoxy groups -OCH3 is 1. The third kappa shape index (κ3) is 3.51. The van der Waals surface area contributed by atoms with Gasteiger partial charge in [-0.1, -0.05) is 12.1 Å². The SMILES string of the molecule is COC(=O)c1ccc(N)c(N(C)Cc2cccc(F)c2)c1. The van der Waals surface area contributed by atoms with Gasteiger partial charge < -0.3 is 15.4 Å². The van der Waals surface area contributed by atoms with Gasteiger partial charge in [0.15, 0.2) is 0 Å². The second-order valence-electron chi connectivity index (χ2n) is 4.75. The third-order valence-corrected chi connectivity index (χ3v) is 3.17. The predicted octanol–water partition coefficient (Wildman–Crippen LogP) is 2.83. The van der Waals surface area contributed by atoms with Crippen molar-refractivity contribution in [3.63, 3.8) is 0 Å². The third-order valence-electron chi connectivity index (χ3n) is 3.17. The van der Waals surface area contributed by atoms with Gasteiger partial charge in [0, 0.05) is 13.6 Å². The van der Waals surface area contributed by atoms with Crippen LogP contribution in [0.5, 0.6) is 0 Å². The Morgan fingerprint density at radius 3 is 2.71 bits per heavy atom. The molecule has 2 N–H and O–H groups in total. The Balaban J connectivity index is 2.26. The Morgan fingerprint density at radius 1 is 1.29 bits per heavy atom. The summed E-state index contributed by atoms with van der Waals surface area (Å²) in [6, 6.07) is 11.3. The average molecular weight is 288 g/mol. The molecule has 0 fully saturated rings. The van der Waals surface area contributed by atoms with Crippen LogP contribution in [0, 0.1) is 5.82 Å². The minimum absolute atomic E-state index is 0.280. The molecule has 110 valence electrons. The molecule has 0 unspecified atom stereocenters. The summed E-state index contributed by atoms with van der Waals surface area (Å²) in [5.41, 5.74) is 8.43. The summed E-state index contributed by atoms with van der Waals surface area (Å²) in [5, 5.41) is 0. The van der Waals surface area contributed by atoms with Gasteiger partial charge in [-0.15, -0.1) is 0 Å². The maximum Gasteiger partial charge on any atom is 0.337 e. The van der Waals surface area contributed by atoms with E-state index in [1.807, 2.05) is 18.0 Å². The quantitative estimate of drug-likeness (QED) is 0.694. The van der Waals surface area contributed by atoms with E-state index in [0.717, 1.165) is 5.56 Å². The van der Waals surface area contributed by atoms with Crippen LogP contribution in [-0.4, -0.2) is 20.1 Å². The highest BCUT2D eigenvalue weighted by Gasteiger charge is 2.12. The van der Waals surface area contributed by atoms with Crippen molar-refractivity contribution in [2.24, 2.45) is 0 Å². The number of nitrogen functional groups attached to an aromatic ring is 1. The summed E-state index contributed by atoms with van der Waals surface area (Å²) in [6.45, 7) is 0.479. The molecule has 0 aromatic heterocycles. The molecule has 2 rings (SSSR count). The van der Waals surface area contributed by atoms with Crippen molar-refractivity contribution in [3.8, 4) is 0 Å². The van der Waals surface area contributed by atoms with Crippen LogP contribution in [-0.2, 0) is 11.3 Å². The van der Waals surface area contributed by atoms with Crippen LogP contribution >= 0.6 is 0 Å². The van der Waals surface area contributed by atoms with E-state index in [4.69, 9.17) is 10.5 Å². The molecule has 0 spiro atoms. The van der Waals surface area contributed by atoms with Crippen molar-refractivity contribution in [3.05, 3.63) is 59.4 Å². The zero-order chi connectivity index (χ0) is 15.4. The number of nitrogens with zero attached hydrogens (tertiary/aromatic N) is 1. The molecule has 0 aliphatic rings. The van der Waals surface area contributed by atoms with Crippen molar-refractivity contribution in [2.75, 3.05) is 24.8 Å². The Hall–Kier alpha value is -2.56. The van der Waals surface area contributed by atoms with Gasteiger partial charge in [0.25, 0.3) is 0 Å². The van der Waals surface area contributed by atoms with Gasteiger partial charge in [0.1, 0.15) is 5.82 Å². The van der Waals surface area contributed by atoms with Gasteiger partial charge in [-0.05, 0) is 35.9 Å². The molecule has 5 heteroatoms.